The average molecular weight is 428 g/mol. The maximum atomic E-state index is 12.4. The number of carbonyl (C=O) groups is 1. The molecule has 1 N–H and O–H groups in total. The van der Waals surface area contributed by atoms with E-state index in [-0.39, 0.29) is 13.0 Å². The molecule has 2 heterocycles. The van der Waals surface area contributed by atoms with Crippen molar-refractivity contribution in [1.82, 2.24) is 0 Å². The van der Waals surface area contributed by atoms with E-state index in [4.69, 9.17) is 23.7 Å². The summed E-state index contributed by atoms with van der Waals surface area (Å²) in [6.45, 7) is 2.26. The van der Waals surface area contributed by atoms with E-state index in [1.165, 1.54) is 7.11 Å². The van der Waals surface area contributed by atoms with Crippen LogP contribution in [0.15, 0.2) is 30.3 Å². The molecule has 166 valence electrons. The van der Waals surface area contributed by atoms with Crippen molar-refractivity contribution in [2.45, 2.75) is 69.6 Å². The monoisotopic (exact) mass is 428 g/mol. The summed E-state index contributed by atoms with van der Waals surface area (Å²) in [6.07, 6.45) is -2.81. The van der Waals surface area contributed by atoms with Gasteiger partial charge in [0, 0.05) is 25.5 Å². The zero-order chi connectivity index (χ0) is 22.1. The van der Waals surface area contributed by atoms with Crippen molar-refractivity contribution in [3.63, 3.8) is 0 Å². The number of rotatable bonds is 6. The van der Waals surface area contributed by atoms with Gasteiger partial charge in [0.2, 0.25) is 0 Å². The van der Waals surface area contributed by atoms with Crippen molar-refractivity contribution >= 4 is 5.97 Å². The third kappa shape index (κ3) is 6.30. The maximum Gasteiger partial charge on any atom is 0.307 e. The van der Waals surface area contributed by atoms with Crippen molar-refractivity contribution in [3.8, 4) is 23.7 Å². The normalized spacial score (nSPS) is 29.5. The molecule has 0 bridgehead atoms. The van der Waals surface area contributed by atoms with E-state index in [1.807, 2.05) is 37.3 Å². The number of ether oxygens (including phenoxy) is 5. The van der Waals surface area contributed by atoms with Crippen molar-refractivity contribution in [1.29, 1.82) is 0 Å². The van der Waals surface area contributed by atoms with Crippen LogP contribution in [0.2, 0.25) is 0 Å². The quantitative estimate of drug-likeness (QED) is 0.550. The lowest BCUT2D eigenvalue weighted by Gasteiger charge is -2.47. The molecule has 1 aromatic carbocycles. The van der Waals surface area contributed by atoms with E-state index < -0.39 is 43.0 Å². The molecule has 31 heavy (non-hydrogen) atoms. The Balaban J connectivity index is 1.64. The Morgan fingerprint density at radius 1 is 1.16 bits per heavy atom. The van der Waals surface area contributed by atoms with Crippen LogP contribution in [-0.2, 0) is 28.5 Å². The zero-order valence-electron chi connectivity index (χ0n) is 17.8. The fourth-order valence-electron chi connectivity index (χ4n) is 3.38. The van der Waals surface area contributed by atoms with E-state index in [0.29, 0.717) is 6.42 Å². The summed E-state index contributed by atoms with van der Waals surface area (Å²) in [4.78, 5) is 12.4. The molecule has 0 saturated carbocycles. The lowest BCUT2D eigenvalue weighted by atomic mass is 9.97. The summed E-state index contributed by atoms with van der Waals surface area (Å²) in [5, 5.41) is 10.7. The van der Waals surface area contributed by atoms with Gasteiger partial charge in [0.05, 0.1) is 13.0 Å². The molecule has 1 aromatic rings. The van der Waals surface area contributed by atoms with Gasteiger partial charge < -0.3 is 28.8 Å². The van der Waals surface area contributed by atoms with Crippen LogP contribution in [0, 0.1) is 23.7 Å². The number of aliphatic hydroxyl groups is 1. The van der Waals surface area contributed by atoms with E-state index in [1.54, 1.807) is 0 Å². The summed E-state index contributed by atoms with van der Waals surface area (Å²) in [7, 11) is 1.42. The van der Waals surface area contributed by atoms with Crippen LogP contribution >= 0.6 is 0 Å². The van der Waals surface area contributed by atoms with Gasteiger partial charge >= 0.3 is 5.97 Å². The van der Waals surface area contributed by atoms with Gasteiger partial charge in [-0.3, -0.25) is 4.79 Å². The number of esters is 1. The Morgan fingerprint density at radius 3 is 2.61 bits per heavy atom. The molecule has 0 spiro atoms. The lowest BCUT2D eigenvalue weighted by Crippen LogP contribution is -2.63. The molecule has 3 rings (SSSR count). The maximum absolute atomic E-state index is 12.4. The minimum Gasteiger partial charge on any atom is -0.456 e. The molecule has 0 radical (unpaired) electrons. The number of unbranched alkanes of at least 4 members (excludes halogenated alkanes) is 1. The van der Waals surface area contributed by atoms with Crippen LogP contribution in [0.4, 0.5) is 0 Å². The second kappa shape index (κ2) is 11.9. The van der Waals surface area contributed by atoms with Gasteiger partial charge in [-0.15, -0.1) is 0 Å². The van der Waals surface area contributed by atoms with E-state index >= 15 is 0 Å². The molecule has 2 fully saturated rings. The fourth-order valence-corrected chi connectivity index (χ4v) is 3.38. The SMILES string of the molecule is CCCC#CC#CCCC(=O)O[C@@H]1[C@@H](O)[C@@H](OC)O[C@@H]2CO[C@@H](c3ccccc3)O[C@@H]12. The Bertz CT molecular complexity index is 832. The standard InChI is InChI=1S/C24H28O7/c1-3-4-5-6-7-8-12-15-19(25)30-22-20(26)24(27-2)29-18-16-28-23(31-21(18)22)17-13-10-9-11-14-17/h9-11,13-14,18,20-24,26H,3-4,12,15-16H2,1-2H3/t18-,20-,21-,22-,23-,24+/m1/s1. The van der Waals surface area contributed by atoms with Gasteiger partial charge in [-0.2, -0.15) is 0 Å². The van der Waals surface area contributed by atoms with Gasteiger partial charge in [-0.25, -0.2) is 0 Å². The van der Waals surface area contributed by atoms with Gasteiger partial charge in [-0.1, -0.05) is 49.1 Å². The molecule has 6 atom stereocenters. The molecular weight excluding hydrogens is 400 g/mol. The first kappa shape index (κ1) is 23.3. The van der Waals surface area contributed by atoms with Crippen LogP contribution < -0.4 is 0 Å². The number of fused-ring (bicyclic) bond motifs is 1. The second-order valence-corrected chi connectivity index (χ2v) is 7.25. The van der Waals surface area contributed by atoms with E-state index in [2.05, 4.69) is 23.7 Å². The number of carbonyl (C=O) groups excluding carboxylic acids is 1. The summed E-state index contributed by atoms with van der Waals surface area (Å²) in [6, 6.07) is 9.42. The third-order valence-electron chi connectivity index (χ3n) is 4.95. The highest BCUT2D eigenvalue weighted by molar-refractivity contribution is 5.70. The lowest BCUT2D eigenvalue weighted by molar-refractivity contribution is -0.358. The third-order valence-corrected chi connectivity index (χ3v) is 4.95. The Labute approximate surface area is 183 Å². The smallest absolute Gasteiger partial charge is 0.307 e. The van der Waals surface area contributed by atoms with Crippen LogP contribution in [0.5, 0.6) is 0 Å². The van der Waals surface area contributed by atoms with Crippen LogP contribution in [0.1, 0.15) is 44.5 Å². The molecule has 2 saturated heterocycles. The van der Waals surface area contributed by atoms with E-state index in [9.17, 15) is 9.90 Å². The van der Waals surface area contributed by atoms with Crippen LogP contribution in [0.25, 0.3) is 0 Å². The largest absolute Gasteiger partial charge is 0.456 e. The number of aliphatic hydroxyl groups excluding tert-OH is 1. The molecule has 0 unspecified atom stereocenters. The molecule has 0 aliphatic carbocycles. The zero-order valence-corrected chi connectivity index (χ0v) is 17.8. The van der Waals surface area contributed by atoms with E-state index in [0.717, 1.165) is 18.4 Å². The van der Waals surface area contributed by atoms with Crippen molar-refractivity contribution in [2.75, 3.05) is 13.7 Å². The molecule has 0 amide bonds. The van der Waals surface area contributed by atoms with Crippen LogP contribution in [-0.4, -0.2) is 55.5 Å². The van der Waals surface area contributed by atoms with Gasteiger partial charge in [0.25, 0.3) is 0 Å². The number of methoxy groups -OCH3 is 1. The predicted octanol–water partition coefficient (Wildman–Crippen LogP) is 2.33. The molecule has 0 aromatic heterocycles. The molecule has 7 nitrogen and oxygen atoms in total. The summed E-state index contributed by atoms with van der Waals surface area (Å²) >= 11 is 0. The van der Waals surface area contributed by atoms with Gasteiger partial charge in [0.15, 0.2) is 18.7 Å². The predicted molar refractivity (Wildman–Crippen MR) is 111 cm³/mol. The molecule has 2 aliphatic rings. The highest BCUT2D eigenvalue weighted by Crippen LogP contribution is 2.35. The first-order chi connectivity index (χ1) is 15.1. The minimum absolute atomic E-state index is 0.0835. The highest BCUT2D eigenvalue weighted by Gasteiger charge is 2.51. The second-order valence-electron chi connectivity index (χ2n) is 7.25. The Morgan fingerprint density at radius 2 is 1.90 bits per heavy atom. The number of benzene rings is 1. The Kier molecular flexibility index (Phi) is 8.90. The first-order valence-corrected chi connectivity index (χ1v) is 10.5. The number of hydrogen-bond acceptors (Lipinski definition) is 7. The minimum atomic E-state index is -1.20. The van der Waals surface area contributed by atoms with Crippen molar-refractivity contribution in [2.24, 2.45) is 0 Å². The average Bonchev–Trinajstić information content (AvgIpc) is 2.80. The van der Waals surface area contributed by atoms with Crippen molar-refractivity contribution in [3.05, 3.63) is 35.9 Å². The Hall–Kier alpha value is -2.39. The summed E-state index contributed by atoms with van der Waals surface area (Å²) in [5.41, 5.74) is 0.828. The van der Waals surface area contributed by atoms with Crippen molar-refractivity contribution < 1.29 is 33.6 Å². The van der Waals surface area contributed by atoms with Crippen LogP contribution in [0.3, 0.4) is 0 Å². The molecular formula is C24H28O7. The molecule has 2 aliphatic heterocycles. The van der Waals surface area contributed by atoms with Gasteiger partial charge in [0.1, 0.15) is 18.3 Å². The van der Waals surface area contributed by atoms with Gasteiger partial charge in [-0.05, 0) is 18.3 Å². The topological polar surface area (TPSA) is 83.5 Å². The fraction of sp³-hybridized carbons (Fsp3) is 0.542. The summed E-state index contributed by atoms with van der Waals surface area (Å²) in [5.74, 6) is 10.8. The number of hydrogen-bond donors (Lipinski definition) is 1. The molecule has 7 heteroatoms. The first-order valence-electron chi connectivity index (χ1n) is 10.5. The summed E-state index contributed by atoms with van der Waals surface area (Å²) < 4.78 is 28.4. The highest BCUT2D eigenvalue weighted by atomic mass is 16.8.